The van der Waals surface area contributed by atoms with E-state index in [0.717, 1.165) is 18.4 Å². The van der Waals surface area contributed by atoms with Gasteiger partial charge in [0.2, 0.25) is 17.6 Å². The van der Waals surface area contributed by atoms with Gasteiger partial charge in [0.1, 0.15) is 11.5 Å². The van der Waals surface area contributed by atoms with Gasteiger partial charge in [0, 0.05) is 35.7 Å². The molecule has 9 heteroatoms. The molecular formula is C24H24BrN3O5. The van der Waals surface area contributed by atoms with Crippen LogP contribution in [0.5, 0.6) is 28.9 Å². The number of benzene rings is 2. The van der Waals surface area contributed by atoms with Crippen LogP contribution < -0.4 is 24.3 Å². The van der Waals surface area contributed by atoms with Crippen LogP contribution in [0.3, 0.4) is 0 Å². The predicted molar refractivity (Wildman–Crippen MR) is 127 cm³/mol. The van der Waals surface area contributed by atoms with Crippen molar-refractivity contribution in [1.29, 1.82) is 0 Å². The highest BCUT2D eigenvalue weighted by Crippen LogP contribution is 2.41. The Hall–Kier alpha value is -3.33. The molecule has 1 fully saturated rings. The molecule has 1 aliphatic rings. The van der Waals surface area contributed by atoms with Crippen LogP contribution in [-0.4, -0.2) is 37.1 Å². The summed E-state index contributed by atoms with van der Waals surface area (Å²) in [4.78, 5) is 21.1. The van der Waals surface area contributed by atoms with E-state index in [4.69, 9.17) is 18.9 Å². The van der Waals surface area contributed by atoms with Gasteiger partial charge in [0.15, 0.2) is 11.5 Å². The van der Waals surface area contributed by atoms with Crippen molar-refractivity contribution in [3.63, 3.8) is 0 Å². The summed E-state index contributed by atoms with van der Waals surface area (Å²) in [5.74, 6) is 3.16. The lowest BCUT2D eigenvalue weighted by Crippen LogP contribution is -2.06. The maximum atomic E-state index is 12.3. The van der Waals surface area contributed by atoms with Crippen LogP contribution in [0, 0.1) is 5.92 Å². The van der Waals surface area contributed by atoms with Crippen molar-refractivity contribution in [3.05, 3.63) is 52.6 Å². The number of methoxy groups -OCH3 is 3. The lowest BCUT2D eigenvalue weighted by Gasteiger charge is -2.15. The Morgan fingerprint density at radius 1 is 1.06 bits per heavy atom. The molecule has 33 heavy (non-hydrogen) atoms. The maximum Gasteiger partial charge on any atom is 0.238 e. The van der Waals surface area contributed by atoms with E-state index >= 15 is 0 Å². The number of hydrogen-bond donors (Lipinski definition) is 1. The molecule has 8 nitrogen and oxygen atoms in total. The summed E-state index contributed by atoms with van der Waals surface area (Å²) >= 11 is 3.45. The summed E-state index contributed by atoms with van der Waals surface area (Å²) < 4.78 is 22.8. The van der Waals surface area contributed by atoms with E-state index in [1.807, 2.05) is 24.3 Å². The molecular weight excluding hydrogens is 490 g/mol. The average Bonchev–Trinajstić information content (AvgIpc) is 3.67. The van der Waals surface area contributed by atoms with Gasteiger partial charge in [-0.1, -0.05) is 18.2 Å². The van der Waals surface area contributed by atoms with E-state index in [1.165, 1.54) is 0 Å². The quantitative estimate of drug-likeness (QED) is 0.389. The first kappa shape index (κ1) is 22.8. The van der Waals surface area contributed by atoms with Gasteiger partial charge in [-0.05, 0) is 34.8 Å². The smallest absolute Gasteiger partial charge is 0.238 e. The second-order valence-corrected chi connectivity index (χ2v) is 8.37. The molecule has 0 radical (unpaired) electrons. The first-order valence-corrected chi connectivity index (χ1v) is 11.2. The van der Waals surface area contributed by atoms with E-state index in [-0.39, 0.29) is 11.7 Å². The topological polar surface area (TPSA) is 91.8 Å². The van der Waals surface area contributed by atoms with Gasteiger partial charge in [0.05, 0.1) is 32.0 Å². The summed E-state index contributed by atoms with van der Waals surface area (Å²) in [5, 5.41) is 3.14. The number of para-hydroxylation sites is 1. The number of aromatic nitrogens is 2. The normalized spacial score (nSPS) is 12.7. The van der Waals surface area contributed by atoms with Crippen molar-refractivity contribution in [2.75, 3.05) is 26.6 Å². The van der Waals surface area contributed by atoms with Crippen LogP contribution >= 0.6 is 15.9 Å². The van der Waals surface area contributed by atoms with Crippen molar-refractivity contribution >= 4 is 33.3 Å². The van der Waals surface area contributed by atoms with Crippen molar-refractivity contribution in [2.24, 2.45) is 5.92 Å². The summed E-state index contributed by atoms with van der Waals surface area (Å²) in [6.45, 7) is 0. The van der Waals surface area contributed by atoms with Crippen molar-refractivity contribution in [1.82, 2.24) is 9.97 Å². The minimum atomic E-state index is 0.193. The summed E-state index contributed by atoms with van der Waals surface area (Å²) in [5.41, 5.74) is 1.48. The summed E-state index contributed by atoms with van der Waals surface area (Å²) in [6.07, 6.45) is 3.91. The maximum absolute atomic E-state index is 12.3. The highest BCUT2D eigenvalue weighted by molar-refractivity contribution is 9.10. The van der Waals surface area contributed by atoms with Crippen molar-refractivity contribution in [3.8, 4) is 28.9 Å². The monoisotopic (exact) mass is 513 g/mol. The number of ketones is 1. The number of Topliss-reactive ketones (excluding diaryl/α,β-unsaturated/α-hetero) is 1. The molecule has 0 atom stereocenters. The molecule has 0 aliphatic heterocycles. The molecule has 1 aromatic heterocycles. The fraction of sp³-hybridized carbons (Fsp3) is 0.292. The molecule has 2 aromatic carbocycles. The van der Waals surface area contributed by atoms with E-state index in [1.54, 1.807) is 39.7 Å². The zero-order valence-corrected chi connectivity index (χ0v) is 20.1. The van der Waals surface area contributed by atoms with Crippen LogP contribution in [-0.2, 0) is 11.2 Å². The molecule has 1 aliphatic carbocycles. The molecule has 0 saturated heterocycles. The van der Waals surface area contributed by atoms with Crippen LogP contribution in [0.15, 0.2) is 47.1 Å². The third kappa shape index (κ3) is 5.36. The SMILES string of the molecule is COc1cc(Nc2ncc(Br)c(Oc3ccccc3CC(=O)C3CC3)n2)cc(OC)c1OC. The highest BCUT2D eigenvalue weighted by Gasteiger charge is 2.29. The Kier molecular flexibility index (Phi) is 6.98. The number of nitrogens with zero attached hydrogens (tertiary/aromatic N) is 2. The van der Waals surface area contributed by atoms with Crippen LogP contribution in [0.25, 0.3) is 0 Å². The van der Waals surface area contributed by atoms with Crippen molar-refractivity contribution in [2.45, 2.75) is 19.3 Å². The fourth-order valence-electron chi connectivity index (χ4n) is 3.36. The molecule has 0 spiro atoms. The molecule has 3 aromatic rings. The van der Waals surface area contributed by atoms with Gasteiger partial charge in [0.25, 0.3) is 0 Å². The summed E-state index contributed by atoms with van der Waals surface area (Å²) in [7, 11) is 4.65. The second kappa shape index (κ2) is 10.1. The van der Waals surface area contributed by atoms with Gasteiger partial charge in [-0.15, -0.1) is 0 Å². The van der Waals surface area contributed by atoms with Gasteiger partial charge in [-0.2, -0.15) is 4.98 Å². The number of carbonyl (C=O) groups excluding carboxylic acids is 1. The number of carbonyl (C=O) groups is 1. The van der Waals surface area contributed by atoms with Gasteiger partial charge >= 0.3 is 0 Å². The van der Waals surface area contributed by atoms with E-state index in [0.29, 0.717) is 51.4 Å². The molecule has 1 heterocycles. The van der Waals surface area contributed by atoms with Crippen LogP contribution in [0.2, 0.25) is 0 Å². The third-order valence-corrected chi connectivity index (χ3v) is 5.75. The molecule has 0 amide bonds. The summed E-state index contributed by atoms with van der Waals surface area (Å²) in [6, 6.07) is 11.0. The zero-order valence-electron chi connectivity index (χ0n) is 18.6. The zero-order chi connectivity index (χ0) is 23.4. The second-order valence-electron chi connectivity index (χ2n) is 7.51. The molecule has 0 bridgehead atoms. The minimum Gasteiger partial charge on any atom is -0.493 e. The van der Waals surface area contributed by atoms with Crippen LogP contribution in [0.4, 0.5) is 11.6 Å². The first-order valence-electron chi connectivity index (χ1n) is 10.4. The van der Waals surface area contributed by atoms with E-state index in [2.05, 4.69) is 31.2 Å². The lowest BCUT2D eigenvalue weighted by atomic mass is 10.1. The number of nitrogens with one attached hydrogen (secondary N) is 1. The largest absolute Gasteiger partial charge is 0.493 e. The van der Waals surface area contributed by atoms with Gasteiger partial charge < -0.3 is 24.3 Å². The third-order valence-electron chi connectivity index (χ3n) is 5.21. The Labute approximate surface area is 200 Å². The molecule has 1 N–H and O–H groups in total. The Bertz CT molecular complexity index is 1140. The Morgan fingerprint density at radius 2 is 1.76 bits per heavy atom. The standard InChI is InChI=1S/C24H24BrN3O5/c1-30-20-11-16(12-21(31-2)22(20)32-3)27-24-26-13-17(25)23(28-24)33-19-7-5-4-6-15(19)10-18(29)14-8-9-14/h4-7,11-14H,8-10H2,1-3H3,(H,26,27,28). The van der Waals surface area contributed by atoms with Crippen LogP contribution in [0.1, 0.15) is 18.4 Å². The van der Waals surface area contributed by atoms with E-state index < -0.39 is 0 Å². The van der Waals surface area contributed by atoms with Gasteiger partial charge in [-0.25, -0.2) is 4.98 Å². The predicted octanol–water partition coefficient (Wildman–Crippen LogP) is 5.32. The molecule has 172 valence electrons. The fourth-order valence-corrected chi connectivity index (χ4v) is 3.63. The van der Waals surface area contributed by atoms with E-state index in [9.17, 15) is 4.79 Å². The lowest BCUT2D eigenvalue weighted by molar-refractivity contribution is -0.119. The average molecular weight is 514 g/mol. The minimum absolute atomic E-state index is 0.193. The Balaban J connectivity index is 1.58. The molecule has 0 unspecified atom stereocenters. The Morgan fingerprint density at radius 3 is 2.39 bits per heavy atom. The number of rotatable bonds is 10. The number of anilines is 2. The number of halogens is 1. The highest BCUT2D eigenvalue weighted by atomic mass is 79.9. The van der Waals surface area contributed by atoms with Crippen molar-refractivity contribution < 1.29 is 23.7 Å². The molecule has 1 saturated carbocycles. The first-order chi connectivity index (χ1) is 16.0. The van der Waals surface area contributed by atoms with Gasteiger partial charge in [-0.3, -0.25) is 4.79 Å². The number of ether oxygens (including phenoxy) is 4. The number of hydrogen-bond acceptors (Lipinski definition) is 8. The molecule has 4 rings (SSSR count).